The first-order valence-corrected chi connectivity index (χ1v) is 7.47. The summed E-state index contributed by atoms with van der Waals surface area (Å²) in [6.45, 7) is 7.30. The van der Waals surface area contributed by atoms with Gasteiger partial charge in [0.2, 0.25) is 5.88 Å². The number of carbonyl (C=O) groups is 1. The van der Waals surface area contributed by atoms with Crippen LogP contribution in [0.2, 0.25) is 0 Å². The number of rotatable bonds is 6. The van der Waals surface area contributed by atoms with E-state index in [2.05, 4.69) is 10.3 Å². The Hall–Kier alpha value is -1.86. The van der Waals surface area contributed by atoms with Gasteiger partial charge in [-0.15, -0.1) is 0 Å². The summed E-state index contributed by atoms with van der Waals surface area (Å²) >= 11 is 0. The zero-order chi connectivity index (χ0) is 17.6. The van der Waals surface area contributed by atoms with Crippen molar-refractivity contribution in [2.75, 3.05) is 13.7 Å². The molecule has 2 atom stereocenters. The maximum atomic E-state index is 11.5. The molecule has 0 aliphatic heterocycles. The molecule has 1 aromatic rings. The molecule has 7 heteroatoms. The van der Waals surface area contributed by atoms with Crippen LogP contribution in [-0.4, -0.2) is 46.6 Å². The molecular formula is C16H26N2O5. The normalized spacial score (nSPS) is 14.0. The topological polar surface area (TPSA) is 101 Å². The fraction of sp³-hybridized carbons (Fsp3) is 0.625. The Morgan fingerprint density at radius 2 is 2.04 bits per heavy atom. The molecule has 7 nitrogen and oxygen atoms in total. The van der Waals surface area contributed by atoms with E-state index in [0.717, 1.165) is 5.56 Å². The highest BCUT2D eigenvalue weighted by atomic mass is 16.6. The lowest BCUT2D eigenvalue weighted by atomic mass is 10.0. The quantitative estimate of drug-likeness (QED) is 0.736. The van der Waals surface area contributed by atoms with Gasteiger partial charge in [0.1, 0.15) is 11.7 Å². The van der Waals surface area contributed by atoms with Crippen LogP contribution >= 0.6 is 0 Å². The summed E-state index contributed by atoms with van der Waals surface area (Å²) in [6.07, 6.45) is -1.03. The van der Waals surface area contributed by atoms with Crippen molar-refractivity contribution in [3.05, 3.63) is 23.4 Å². The molecule has 1 heterocycles. The van der Waals surface area contributed by atoms with Gasteiger partial charge in [-0.1, -0.05) is 0 Å². The van der Waals surface area contributed by atoms with E-state index in [1.54, 1.807) is 33.8 Å². The summed E-state index contributed by atoms with van der Waals surface area (Å²) in [6, 6.07) is 1.71. The number of hydrogen-bond acceptors (Lipinski definition) is 6. The van der Waals surface area contributed by atoms with Gasteiger partial charge in [-0.2, -0.15) is 0 Å². The van der Waals surface area contributed by atoms with E-state index in [-0.39, 0.29) is 13.0 Å². The molecule has 0 aliphatic carbocycles. The van der Waals surface area contributed by atoms with Crippen LogP contribution in [0.15, 0.2) is 12.3 Å². The molecule has 23 heavy (non-hydrogen) atoms. The van der Waals surface area contributed by atoms with Crippen molar-refractivity contribution in [1.82, 2.24) is 10.3 Å². The van der Waals surface area contributed by atoms with Crippen LogP contribution in [0, 0.1) is 6.92 Å². The maximum absolute atomic E-state index is 11.5. The van der Waals surface area contributed by atoms with Crippen LogP contribution in [0.25, 0.3) is 0 Å². The molecule has 0 saturated heterocycles. The predicted molar refractivity (Wildman–Crippen MR) is 85.3 cm³/mol. The molecule has 0 aliphatic rings. The number of ether oxygens (including phenoxy) is 2. The Morgan fingerprint density at radius 3 is 2.57 bits per heavy atom. The van der Waals surface area contributed by atoms with Crippen LogP contribution in [0.3, 0.4) is 0 Å². The Balaban J connectivity index is 2.49. The van der Waals surface area contributed by atoms with E-state index >= 15 is 0 Å². The molecule has 1 rings (SSSR count). The third-order valence-electron chi connectivity index (χ3n) is 3.06. The fourth-order valence-corrected chi connectivity index (χ4v) is 1.98. The van der Waals surface area contributed by atoms with Crippen LogP contribution in [0.5, 0.6) is 5.88 Å². The number of methoxy groups -OCH3 is 1. The number of nitrogens with one attached hydrogen (secondary N) is 1. The van der Waals surface area contributed by atoms with Crippen molar-refractivity contribution in [3.63, 3.8) is 0 Å². The molecule has 130 valence electrons. The number of aliphatic hydroxyl groups excluding tert-OH is 2. The Kier molecular flexibility index (Phi) is 6.78. The predicted octanol–water partition coefficient (Wildman–Crippen LogP) is 1.71. The molecule has 0 bridgehead atoms. The summed E-state index contributed by atoms with van der Waals surface area (Å²) in [7, 11) is 1.52. The summed E-state index contributed by atoms with van der Waals surface area (Å²) in [5, 5.41) is 22.7. The van der Waals surface area contributed by atoms with E-state index < -0.39 is 23.9 Å². The number of hydrogen-bond donors (Lipinski definition) is 3. The van der Waals surface area contributed by atoms with E-state index in [9.17, 15) is 15.0 Å². The highest BCUT2D eigenvalue weighted by Gasteiger charge is 2.21. The first-order valence-electron chi connectivity index (χ1n) is 7.47. The maximum Gasteiger partial charge on any atom is 0.407 e. The van der Waals surface area contributed by atoms with E-state index in [0.29, 0.717) is 11.4 Å². The summed E-state index contributed by atoms with van der Waals surface area (Å²) in [5.41, 5.74) is 0.685. The van der Waals surface area contributed by atoms with Crippen molar-refractivity contribution in [3.8, 4) is 5.88 Å². The van der Waals surface area contributed by atoms with Gasteiger partial charge >= 0.3 is 6.09 Å². The lowest BCUT2D eigenvalue weighted by Crippen LogP contribution is -2.34. The minimum Gasteiger partial charge on any atom is -0.481 e. The van der Waals surface area contributed by atoms with Crippen molar-refractivity contribution < 1.29 is 24.5 Å². The van der Waals surface area contributed by atoms with Gasteiger partial charge in [-0.3, -0.25) is 0 Å². The number of nitrogens with zero attached hydrogens (tertiary/aromatic N) is 1. The second kappa shape index (κ2) is 8.12. The van der Waals surface area contributed by atoms with Gasteiger partial charge < -0.3 is 25.0 Å². The Bertz CT molecular complexity index is 528. The Morgan fingerprint density at radius 1 is 1.39 bits per heavy atom. The van der Waals surface area contributed by atoms with Gasteiger partial charge in [0.25, 0.3) is 0 Å². The minimum absolute atomic E-state index is 0.186. The number of aromatic nitrogens is 1. The summed E-state index contributed by atoms with van der Waals surface area (Å²) in [5.74, 6) is 0.474. The molecule has 1 aromatic heterocycles. The zero-order valence-electron chi connectivity index (χ0n) is 14.3. The van der Waals surface area contributed by atoms with Crippen molar-refractivity contribution >= 4 is 6.09 Å². The lowest BCUT2D eigenvalue weighted by Gasteiger charge is -2.21. The number of aliphatic hydroxyl groups is 2. The lowest BCUT2D eigenvalue weighted by molar-refractivity contribution is 0.0120. The molecule has 0 saturated carbocycles. The average Bonchev–Trinajstić information content (AvgIpc) is 2.44. The van der Waals surface area contributed by atoms with Crippen LogP contribution in [0.1, 0.15) is 44.4 Å². The molecule has 0 spiro atoms. The number of alkyl carbamates (subject to hydrolysis) is 1. The first-order chi connectivity index (χ1) is 10.6. The monoisotopic (exact) mass is 326 g/mol. The zero-order valence-corrected chi connectivity index (χ0v) is 14.3. The van der Waals surface area contributed by atoms with Gasteiger partial charge in [0.15, 0.2) is 0 Å². The fourth-order valence-electron chi connectivity index (χ4n) is 1.98. The van der Waals surface area contributed by atoms with Gasteiger partial charge in [0.05, 0.1) is 13.2 Å². The van der Waals surface area contributed by atoms with Crippen LogP contribution in [0.4, 0.5) is 4.79 Å². The number of aryl methyl sites for hydroxylation is 1. The Labute approximate surface area is 136 Å². The molecular weight excluding hydrogens is 300 g/mol. The van der Waals surface area contributed by atoms with Crippen LogP contribution < -0.4 is 10.1 Å². The number of amides is 1. The smallest absolute Gasteiger partial charge is 0.407 e. The highest BCUT2D eigenvalue weighted by molar-refractivity contribution is 5.67. The number of pyridine rings is 1. The second-order valence-electron chi connectivity index (χ2n) is 6.32. The van der Waals surface area contributed by atoms with Gasteiger partial charge in [-0.25, -0.2) is 9.78 Å². The van der Waals surface area contributed by atoms with Crippen LogP contribution in [-0.2, 0) is 4.74 Å². The largest absolute Gasteiger partial charge is 0.481 e. The molecule has 0 fully saturated rings. The highest BCUT2D eigenvalue weighted by Crippen LogP contribution is 2.22. The summed E-state index contributed by atoms with van der Waals surface area (Å²) < 4.78 is 10.1. The molecule has 1 amide bonds. The molecule has 0 radical (unpaired) electrons. The van der Waals surface area contributed by atoms with E-state index in [4.69, 9.17) is 9.47 Å². The second-order valence-corrected chi connectivity index (χ2v) is 6.32. The molecule has 3 N–H and O–H groups in total. The molecule has 2 unspecified atom stereocenters. The van der Waals surface area contributed by atoms with E-state index in [1.165, 1.54) is 13.3 Å². The van der Waals surface area contributed by atoms with E-state index in [1.807, 2.05) is 0 Å². The molecule has 0 aromatic carbocycles. The standard InChI is InChI=1S/C16H26N2O5/c1-10-8-11(9-18-14(10)22-5)13(20)12(19)6-7-17-15(21)23-16(2,3)4/h8-9,12-13,19-20H,6-7H2,1-5H3,(H,17,21). The first kappa shape index (κ1) is 19.2. The third-order valence-corrected chi connectivity index (χ3v) is 3.06. The van der Waals surface area contributed by atoms with Gasteiger partial charge in [-0.05, 0) is 40.2 Å². The van der Waals surface area contributed by atoms with Gasteiger partial charge in [0, 0.05) is 23.9 Å². The number of carbonyl (C=O) groups excluding carboxylic acids is 1. The average molecular weight is 326 g/mol. The third kappa shape index (κ3) is 6.42. The van der Waals surface area contributed by atoms with Crippen molar-refractivity contribution in [2.24, 2.45) is 0 Å². The minimum atomic E-state index is -1.09. The van der Waals surface area contributed by atoms with Crippen molar-refractivity contribution in [1.29, 1.82) is 0 Å². The van der Waals surface area contributed by atoms with Crippen molar-refractivity contribution in [2.45, 2.75) is 51.9 Å². The summed E-state index contributed by atoms with van der Waals surface area (Å²) in [4.78, 5) is 15.6. The SMILES string of the molecule is COc1ncc(C(O)C(O)CCNC(=O)OC(C)(C)C)cc1C.